The van der Waals surface area contributed by atoms with Gasteiger partial charge in [-0.15, -0.1) is 5.10 Å². The Bertz CT molecular complexity index is 1140. The zero-order valence-electron chi connectivity index (χ0n) is 19.0. The highest BCUT2D eigenvalue weighted by atomic mass is 16.2. The number of nitrogens with one attached hydrogen (secondary N) is 1. The monoisotopic (exact) mass is 422 g/mol. The summed E-state index contributed by atoms with van der Waals surface area (Å²) in [4.78, 5) is 27.6. The summed E-state index contributed by atoms with van der Waals surface area (Å²) in [5.41, 5.74) is 4.20. The first-order chi connectivity index (χ1) is 14.7. The van der Waals surface area contributed by atoms with Gasteiger partial charge < -0.3 is 10.2 Å². The van der Waals surface area contributed by atoms with Crippen molar-refractivity contribution in [2.45, 2.75) is 47.6 Å². The minimum Gasteiger partial charge on any atom is -0.372 e. The van der Waals surface area contributed by atoms with Crippen molar-refractivity contribution in [3.63, 3.8) is 0 Å². The number of hydrogen-bond acceptors (Lipinski definition) is 5. The van der Waals surface area contributed by atoms with Gasteiger partial charge in [0.05, 0.1) is 5.69 Å². The number of carbonyl (C=O) groups is 1. The van der Waals surface area contributed by atoms with Crippen LogP contribution < -0.4 is 15.8 Å². The van der Waals surface area contributed by atoms with E-state index in [1.807, 2.05) is 39.0 Å². The fourth-order valence-corrected chi connectivity index (χ4v) is 3.59. The Morgan fingerprint density at radius 1 is 1.06 bits per heavy atom. The van der Waals surface area contributed by atoms with Crippen molar-refractivity contribution < 1.29 is 4.79 Å². The third-order valence-electron chi connectivity index (χ3n) is 5.38. The van der Waals surface area contributed by atoms with Crippen LogP contribution in [0, 0.1) is 20.8 Å². The summed E-state index contributed by atoms with van der Waals surface area (Å²) in [7, 11) is 0. The Morgan fingerprint density at radius 2 is 1.77 bits per heavy atom. The number of anilines is 2. The average molecular weight is 423 g/mol. The molecule has 1 atom stereocenters. The summed E-state index contributed by atoms with van der Waals surface area (Å²) in [5.74, 6) is 0.184. The van der Waals surface area contributed by atoms with Gasteiger partial charge in [0.25, 0.3) is 5.56 Å². The smallest absolute Gasteiger partial charge is 0.267 e. The van der Waals surface area contributed by atoms with E-state index in [1.165, 1.54) is 10.7 Å². The van der Waals surface area contributed by atoms with E-state index in [2.05, 4.69) is 40.3 Å². The normalized spacial score (nSPS) is 11.9. The molecule has 2 heterocycles. The Hall–Kier alpha value is -3.42. The highest BCUT2D eigenvalue weighted by Gasteiger charge is 2.20. The molecule has 1 unspecified atom stereocenters. The zero-order chi connectivity index (χ0) is 22.7. The van der Waals surface area contributed by atoms with Crippen molar-refractivity contribution in [3.8, 4) is 5.82 Å². The quantitative estimate of drug-likeness (QED) is 0.631. The van der Waals surface area contributed by atoms with Gasteiger partial charge in [0.1, 0.15) is 6.04 Å². The summed E-state index contributed by atoms with van der Waals surface area (Å²) < 4.78 is 2.85. The number of amides is 1. The van der Waals surface area contributed by atoms with Crippen molar-refractivity contribution in [1.82, 2.24) is 19.6 Å². The van der Waals surface area contributed by atoms with Crippen LogP contribution in [0.5, 0.6) is 0 Å². The molecule has 0 saturated carbocycles. The first-order valence-electron chi connectivity index (χ1n) is 10.5. The lowest BCUT2D eigenvalue weighted by atomic mass is 10.1. The number of hydrogen-bond donors (Lipinski definition) is 1. The van der Waals surface area contributed by atoms with Crippen LogP contribution in [0.1, 0.15) is 43.8 Å². The van der Waals surface area contributed by atoms with Crippen LogP contribution in [0.15, 0.2) is 41.2 Å². The van der Waals surface area contributed by atoms with E-state index in [4.69, 9.17) is 0 Å². The van der Waals surface area contributed by atoms with Crippen LogP contribution in [0.2, 0.25) is 0 Å². The predicted octanol–water partition coefficient (Wildman–Crippen LogP) is 3.40. The highest BCUT2D eigenvalue weighted by Crippen LogP contribution is 2.23. The molecular weight excluding hydrogens is 392 g/mol. The molecule has 8 heteroatoms. The van der Waals surface area contributed by atoms with E-state index in [-0.39, 0.29) is 11.5 Å². The minimum absolute atomic E-state index is 0.307. The van der Waals surface area contributed by atoms with Crippen molar-refractivity contribution >= 4 is 17.3 Å². The Labute approximate surface area is 182 Å². The van der Waals surface area contributed by atoms with E-state index in [0.717, 1.165) is 41.4 Å². The van der Waals surface area contributed by atoms with Crippen molar-refractivity contribution in [2.24, 2.45) is 0 Å². The summed E-state index contributed by atoms with van der Waals surface area (Å²) in [6.07, 6.45) is 0. The molecule has 2 aromatic heterocycles. The van der Waals surface area contributed by atoms with Crippen molar-refractivity contribution in [3.05, 3.63) is 63.7 Å². The molecule has 1 aromatic carbocycles. The standard InChI is InChI=1S/C23H30N6O2/c1-7-27(8-2)19-9-10-20(15(3)13-19)24-23(31)18(6)29-22(30)12-11-21(26-29)28-17(5)14-16(4)25-28/h9-14,18H,7-8H2,1-6H3,(H,24,31). The molecule has 3 rings (SSSR count). The molecule has 0 fully saturated rings. The van der Waals surface area contributed by atoms with Gasteiger partial charge in [-0.3, -0.25) is 9.59 Å². The van der Waals surface area contributed by atoms with E-state index in [0.29, 0.717) is 5.82 Å². The van der Waals surface area contributed by atoms with Gasteiger partial charge in [-0.1, -0.05) is 0 Å². The van der Waals surface area contributed by atoms with Crippen LogP contribution in [0.4, 0.5) is 11.4 Å². The third kappa shape index (κ3) is 4.68. The van der Waals surface area contributed by atoms with Gasteiger partial charge >= 0.3 is 0 Å². The van der Waals surface area contributed by atoms with Gasteiger partial charge in [-0.25, -0.2) is 9.36 Å². The average Bonchev–Trinajstić information content (AvgIpc) is 3.08. The van der Waals surface area contributed by atoms with E-state index in [9.17, 15) is 9.59 Å². The fraction of sp³-hybridized carbons (Fsp3) is 0.391. The van der Waals surface area contributed by atoms with Crippen LogP contribution in [0.25, 0.3) is 5.82 Å². The number of aryl methyl sites for hydroxylation is 3. The van der Waals surface area contributed by atoms with Gasteiger partial charge in [-0.05, 0) is 77.4 Å². The number of rotatable bonds is 7. The molecule has 31 heavy (non-hydrogen) atoms. The van der Waals surface area contributed by atoms with E-state index in [1.54, 1.807) is 17.7 Å². The molecule has 0 radical (unpaired) electrons. The highest BCUT2D eigenvalue weighted by molar-refractivity contribution is 5.94. The van der Waals surface area contributed by atoms with E-state index < -0.39 is 6.04 Å². The van der Waals surface area contributed by atoms with Crippen LogP contribution in [-0.2, 0) is 4.79 Å². The first-order valence-corrected chi connectivity index (χ1v) is 10.5. The lowest BCUT2D eigenvalue weighted by Gasteiger charge is -2.22. The molecule has 0 spiro atoms. The molecular formula is C23H30N6O2. The summed E-state index contributed by atoms with van der Waals surface area (Å²) in [5, 5.41) is 11.7. The maximum absolute atomic E-state index is 12.9. The molecule has 3 aromatic rings. The summed E-state index contributed by atoms with van der Waals surface area (Å²) in [6, 6.07) is 10.1. The second-order valence-electron chi connectivity index (χ2n) is 7.65. The Balaban J connectivity index is 1.84. The first kappa shape index (κ1) is 22.3. The molecule has 0 aliphatic carbocycles. The summed E-state index contributed by atoms with van der Waals surface area (Å²) in [6.45, 7) is 13.5. The van der Waals surface area contributed by atoms with Gasteiger partial charge in [-0.2, -0.15) is 5.10 Å². The van der Waals surface area contributed by atoms with Crippen LogP contribution in [-0.4, -0.2) is 38.6 Å². The SMILES string of the molecule is CCN(CC)c1ccc(NC(=O)C(C)n2nc(-n3nc(C)cc3C)ccc2=O)c(C)c1. The lowest BCUT2D eigenvalue weighted by molar-refractivity contribution is -0.119. The maximum Gasteiger partial charge on any atom is 0.267 e. The van der Waals surface area contributed by atoms with Crippen molar-refractivity contribution in [1.29, 1.82) is 0 Å². The molecule has 164 valence electrons. The van der Waals surface area contributed by atoms with Crippen LogP contribution >= 0.6 is 0 Å². The largest absolute Gasteiger partial charge is 0.372 e. The second kappa shape index (κ2) is 9.16. The van der Waals surface area contributed by atoms with Gasteiger partial charge in [0, 0.05) is 36.2 Å². The van der Waals surface area contributed by atoms with Gasteiger partial charge in [0.2, 0.25) is 5.91 Å². The predicted molar refractivity (Wildman–Crippen MR) is 123 cm³/mol. The minimum atomic E-state index is -0.786. The van der Waals surface area contributed by atoms with Gasteiger partial charge in [0.15, 0.2) is 5.82 Å². The topological polar surface area (TPSA) is 85.1 Å². The number of nitrogens with zero attached hydrogens (tertiary/aromatic N) is 5. The zero-order valence-corrected chi connectivity index (χ0v) is 19.0. The third-order valence-corrected chi connectivity index (χ3v) is 5.38. The summed E-state index contributed by atoms with van der Waals surface area (Å²) >= 11 is 0. The number of carbonyl (C=O) groups excluding carboxylic acids is 1. The number of benzene rings is 1. The molecule has 0 bridgehead atoms. The van der Waals surface area contributed by atoms with Crippen molar-refractivity contribution in [2.75, 3.05) is 23.3 Å². The number of aromatic nitrogens is 4. The molecule has 1 N–H and O–H groups in total. The second-order valence-corrected chi connectivity index (χ2v) is 7.65. The van der Waals surface area contributed by atoms with E-state index >= 15 is 0 Å². The Morgan fingerprint density at radius 3 is 2.35 bits per heavy atom. The Kier molecular flexibility index (Phi) is 6.58. The fourth-order valence-electron chi connectivity index (χ4n) is 3.59. The van der Waals surface area contributed by atoms with Crippen LogP contribution in [0.3, 0.4) is 0 Å². The molecule has 0 aliphatic rings. The molecule has 1 amide bonds. The molecule has 8 nitrogen and oxygen atoms in total. The maximum atomic E-state index is 12.9. The molecule has 0 aliphatic heterocycles. The molecule has 0 saturated heterocycles. The lowest BCUT2D eigenvalue weighted by Crippen LogP contribution is -2.34.